The number of carbonyl (C=O) groups is 1. The quantitative estimate of drug-likeness (QED) is 0.492. The molecule has 0 bridgehead atoms. The van der Waals surface area contributed by atoms with E-state index in [0.717, 1.165) is 17.7 Å². The average molecular weight is 387 g/mol. The highest BCUT2D eigenvalue weighted by molar-refractivity contribution is 6.04. The van der Waals surface area contributed by atoms with Gasteiger partial charge >= 0.3 is 0 Å². The van der Waals surface area contributed by atoms with E-state index in [9.17, 15) is 4.79 Å². The second-order valence-corrected chi connectivity index (χ2v) is 6.84. The predicted octanol–water partition coefficient (Wildman–Crippen LogP) is 5.52. The van der Waals surface area contributed by atoms with Gasteiger partial charge in [-0.1, -0.05) is 43.0 Å². The zero-order chi connectivity index (χ0) is 20.5. The molecule has 0 radical (unpaired) electrons. The SMILES string of the molecule is C=C(C)COc1cccc(NC(=O)c2ccc(OCCc3ccccc3)cc2)c1. The molecule has 4 nitrogen and oxygen atoms in total. The number of nitrogens with one attached hydrogen (secondary N) is 1. The molecule has 29 heavy (non-hydrogen) atoms. The van der Waals surface area contributed by atoms with Crippen molar-refractivity contribution in [1.82, 2.24) is 0 Å². The summed E-state index contributed by atoms with van der Waals surface area (Å²) in [6, 6.07) is 24.6. The van der Waals surface area contributed by atoms with E-state index in [0.29, 0.717) is 30.2 Å². The summed E-state index contributed by atoms with van der Waals surface area (Å²) >= 11 is 0. The van der Waals surface area contributed by atoms with Gasteiger partial charge < -0.3 is 14.8 Å². The summed E-state index contributed by atoms with van der Waals surface area (Å²) in [6.07, 6.45) is 0.840. The van der Waals surface area contributed by atoms with Crippen LogP contribution in [-0.4, -0.2) is 19.1 Å². The minimum atomic E-state index is -0.183. The molecule has 0 saturated heterocycles. The van der Waals surface area contributed by atoms with Gasteiger partial charge in [0.05, 0.1) is 6.61 Å². The van der Waals surface area contributed by atoms with Crippen molar-refractivity contribution < 1.29 is 14.3 Å². The van der Waals surface area contributed by atoms with E-state index in [1.54, 1.807) is 18.2 Å². The molecular weight excluding hydrogens is 362 g/mol. The van der Waals surface area contributed by atoms with Gasteiger partial charge in [0.25, 0.3) is 5.91 Å². The van der Waals surface area contributed by atoms with Crippen molar-refractivity contribution in [1.29, 1.82) is 0 Å². The highest BCUT2D eigenvalue weighted by atomic mass is 16.5. The Morgan fingerprint density at radius 3 is 2.38 bits per heavy atom. The summed E-state index contributed by atoms with van der Waals surface area (Å²) in [5.74, 6) is 1.25. The topological polar surface area (TPSA) is 47.6 Å². The first-order chi connectivity index (χ1) is 14.1. The largest absolute Gasteiger partial charge is 0.493 e. The van der Waals surface area contributed by atoms with E-state index in [4.69, 9.17) is 9.47 Å². The Kier molecular flexibility index (Phi) is 7.06. The molecule has 3 rings (SSSR count). The van der Waals surface area contributed by atoms with E-state index in [-0.39, 0.29) is 5.91 Å². The molecule has 148 valence electrons. The zero-order valence-electron chi connectivity index (χ0n) is 16.6. The number of hydrogen-bond donors (Lipinski definition) is 1. The molecule has 0 aliphatic rings. The van der Waals surface area contributed by atoms with Crippen LogP contribution in [0.2, 0.25) is 0 Å². The third kappa shape index (κ3) is 6.54. The fourth-order valence-electron chi connectivity index (χ4n) is 2.71. The van der Waals surface area contributed by atoms with Crippen LogP contribution in [-0.2, 0) is 6.42 Å². The molecule has 0 saturated carbocycles. The van der Waals surface area contributed by atoms with Gasteiger partial charge in [-0.25, -0.2) is 0 Å². The van der Waals surface area contributed by atoms with Gasteiger partial charge in [-0.05, 0) is 54.5 Å². The molecule has 1 N–H and O–H groups in total. The summed E-state index contributed by atoms with van der Waals surface area (Å²) in [4.78, 5) is 12.5. The fourth-order valence-corrected chi connectivity index (χ4v) is 2.71. The Hall–Kier alpha value is -3.53. The van der Waals surface area contributed by atoms with Crippen molar-refractivity contribution in [2.75, 3.05) is 18.5 Å². The molecule has 0 heterocycles. The molecule has 0 aliphatic heterocycles. The summed E-state index contributed by atoms with van der Waals surface area (Å²) in [6.45, 7) is 6.76. The van der Waals surface area contributed by atoms with Crippen LogP contribution in [0.3, 0.4) is 0 Å². The number of hydrogen-bond acceptors (Lipinski definition) is 3. The van der Waals surface area contributed by atoms with Gasteiger partial charge in [-0.2, -0.15) is 0 Å². The molecule has 0 atom stereocenters. The predicted molar refractivity (Wildman–Crippen MR) is 117 cm³/mol. The molecule has 0 aromatic heterocycles. The highest BCUT2D eigenvalue weighted by Gasteiger charge is 2.07. The van der Waals surface area contributed by atoms with Crippen molar-refractivity contribution in [2.24, 2.45) is 0 Å². The Bertz CT molecular complexity index is 949. The standard InChI is InChI=1S/C25H25NO3/c1-19(2)18-29-24-10-6-9-22(17-24)26-25(27)21-11-13-23(14-12-21)28-16-15-20-7-4-3-5-8-20/h3-14,17H,1,15-16,18H2,2H3,(H,26,27). The van der Waals surface area contributed by atoms with Gasteiger partial charge in [0.15, 0.2) is 0 Å². The molecule has 0 unspecified atom stereocenters. The second-order valence-electron chi connectivity index (χ2n) is 6.84. The third-order valence-corrected chi connectivity index (χ3v) is 4.20. The Morgan fingerprint density at radius 2 is 1.66 bits per heavy atom. The second kappa shape index (κ2) is 10.1. The number of ether oxygens (including phenoxy) is 2. The van der Waals surface area contributed by atoms with E-state index < -0.39 is 0 Å². The molecule has 0 spiro atoms. The van der Waals surface area contributed by atoms with E-state index in [1.165, 1.54) is 5.56 Å². The first-order valence-corrected chi connectivity index (χ1v) is 9.55. The van der Waals surface area contributed by atoms with Crippen molar-refractivity contribution in [3.8, 4) is 11.5 Å². The molecule has 3 aromatic rings. The Morgan fingerprint density at radius 1 is 0.897 bits per heavy atom. The maximum atomic E-state index is 12.5. The van der Waals surface area contributed by atoms with Crippen LogP contribution in [0.15, 0.2) is 91.0 Å². The Balaban J connectivity index is 1.52. The van der Waals surface area contributed by atoms with E-state index >= 15 is 0 Å². The smallest absolute Gasteiger partial charge is 0.255 e. The first-order valence-electron chi connectivity index (χ1n) is 9.55. The van der Waals surface area contributed by atoms with Crippen LogP contribution in [0, 0.1) is 0 Å². The lowest BCUT2D eigenvalue weighted by atomic mass is 10.1. The number of carbonyl (C=O) groups excluding carboxylic acids is 1. The molecular formula is C25H25NO3. The van der Waals surface area contributed by atoms with Crippen LogP contribution >= 0.6 is 0 Å². The number of anilines is 1. The van der Waals surface area contributed by atoms with Gasteiger partial charge in [0.1, 0.15) is 18.1 Å². The Labute approximate surface area is 171 Å². The molecule has 3 aromatic carbocycles. The molecule has 1 amide bonds. The van der Waals surface area contributed by atoms with Crippen LogP contribution in [0.4, 0.5) is 5.69 Å². The van der Waals surface area contributed by atoms with Gasteiger partial charge in [0, 0.05) is 23.7 Å². The van der Waals surface area contributed by atoms with Gasteiger partial charge in [0.2, 0.25) is 0 Å². The van der Waals surface area contributed by atoms with Crippen molar-refractivity contribution in [3.05, 3.63) is 102 Å². The molecule has 0 fully saturated rings. The van der Waals surface area contributed by atoms with Crippen LogP contribution in [0.25, 0.3) is 0 Å². The maximum absolute atomic E-state index is 12.5. The number of benzene rings is 3. The highest BCUT2D eigenvalue weighted by Crippen LogP contribution is 2.19. The zero-order valence-corrected chi connectivity index (χ0v) is 16.6. The lowest BCUT2D eigenvalue weighted by Gasteiger charge is -2.10. The lowest BCUT2D eigenvalue weighted by Crippen LogP contribution is -2.12. The lowest BCUT2D eigenvalue weighted by molar-refractivity contribution is 0.102. The van der Waals surface area contributed by atoms with Gasteiger partial charge in [-0.3, -0.25) is 4.79 Å². The minimum absolute atomic E-state index is 0.183. The van der Waals surface area contributed by atoms with E-state index in [2.05, 4.69) is 24.0 Å². The number of rotatable bonds is 9. The van der Waals surface area contributed by atoms with Crippen molar-refractivity contribution >= 4 is 11.6 Å². The molecule has 0 aliphatic carbocycles. The normalized spacial score (nSPS) is 10.2. The van der Waals surface area contributed by atoms with Crippen LogP contribution < -0.4 is 14.8 Å². The summed E-state index contributed by atoms with van der Waals surface area (Å²) in [7, 11) is 0. The molecule has 4 heteroatoms. The van der Waals surface area contributed by atoms with Gasteiger partial charge in [-0.15, -0.1) is 0 Å². The third-order valence-electron chi connectivity index (χ3n) is 4.20. The summed E-state index contributed by atoms with van der Waals surface area (Å²) in [5, 5.41) is 2.89. The fraction of sp³-hybridized carbons (Fsp3) is 0.160. The maximum Gasteiger partial charge on any atom is 0.255 e. The van der Waals surface area contributed by atoms with Crippen LogP contribution in [0.5, 0.6) is 11.5 Å². The number of amides is 1. The minimum Gasteiger partial charge on any atom is -0.493 e. The van der Waals surface area contributed by atoms with Crippen LogP contribution in [0.1, 0.15) is 22.8 Å². The summed E-state index contributed by atoms with van der Waals surface area (Å²) in [5.41, 5.74) is 3.41. The monoisotopic (exact) mass is 387 g/mol. The first kappa shape index (κ1) is 20.2. The summed E-state index contributed by atoms with van der Waals surface area (Å²) < 4.78 is 11.4. The van der Waals surface area contributed by atoms with Crippen molar-refractivity contribution in [2.45, 2.75) is 13.3 Å². The average Bonchev–Trinajstić information content (AvgIpc) is 2.74. The van der Waals surface area contributed by atoms with E-state index in [1.807, 2.05) is 55.5 Å². The van der Waals surface area contributed by atoms with Crippen molar-refractivity contribution in [3.63, 3.8) is 0 Å².